The smallest absolute Gasteiger partial charge is 0.425 e. The van der Waals surface area contributed by atoms with Gasteiger partial charge < -0.3 is 10.0 Å². The Balaban J connectivity index is 0.00000211. The number of anilines is 1. The highest BCUT2D eigenvalue weighted by atomic mass is 32.2. The van der Waals surface area contributed by atoms with Gasteiger partial charge in [-0.25, -0.2) is 4.79 Å². The first-order valence-electron chi connectivity index (χ1n) is 26.0. The summed E-state index contributed by atoms with van der Waals surface area (Å²) in [6.07, 6.45) is 10.3. The Morgan fingerprint density at radius 2 is 1.10 bits per heavy atom. The average Bonchev–Trinajstić information content (AvgIpc) is 2.91. The van der Waals surface area contributed by atoms with Crippen LogP contribution in [0.3, 0.4) is 0 Å². The van der Waals surface area contributed by atoms with Crippen molar-refractivity contribution in [2.24, 2.45) is 0 Å². The molecule has 83 heavy (non-hydrogen) atoms. The van der Waals surface area contributed by atoms with Crippen LogP contribution in [0, 0.1) is 0 Å². The van der Waals surface area contributed by atoms with Gasteiger partial charge in [-0.3, -0.25) is 37.8 Å². The molecule has 454 valence electrons. The van der Waals surface area contributed by atoms with E-state index in [9.17, 15) is 68.0 Å². The van der Waals surface area contributed by atoms with Gasteiger partial charge in [0.15, 0.2) is 28.8 Å². The Morgan fingerprint density at radius 1 is 0.614 bits per heavy atom. The number of aromatic nitrogens is 1. The SMILES string of the molecule is CCCC[N+]1=C(/C=C/C(=C/C=C2/N(CCCS(=O)(=O)O)c3cc(C(=O)CCCS(=O)(=O)O)cc(C(=O)CCCS(=O)(=O)O)c3C2(C)C)c2ccc(C(=O)O)cn2)C(C)(C)c2c(C(=O)CCC)cc(C(=O)CCC)cc21.O=S(=O)=O.O=S(=O)=O. The predicted molar refractivity (Wildman–Crippen MR) is 306 cm³/mol. The number of nitrogens with zero attached hydrogens (tertiary/aromatic N) is 3. The molecule has 4 N–H and O–H groups in total. The third-order valence-corrected chi connectivity index (χ3v) is 15.8. The molecule has 2 aromatic carbocycles. The van der Waals surface area contributed by atoms with E-state index in [0.717, 1.165) is 29.8 Å². The normalized spacial score (nSPS) is 15.0. The van der Waals surface area contributed by atoms with Crippen molar-refractivity contribution in [3.63, 3.8) is 0 Å². The largest absolute Gasteiger partial charge is 0.478 e. The lowest BCUT2D eigenvalue weighted by Crippen LogP contribution is -2.29. The van der Waals surface area contributed by atoms with Gasteiger partial charge in [-0.05, 0) is 94.0 Å². The van der Waals surface area contributed by atoms with Crippen molar-refractivity contribution in [3.05, 3.63) is 117 Å². The van der Waals surface area contributed by atoms with E-state index in [1.807, 2.05) is 39.8 Å². The van der Waals surface area contributed by atoms with Crippen LogP contribution in [0.25, 0.3) is 5.57 Å². The Labute approximate surface area is 485 Å². The molecule has 24 nitrogen and oxygen atoms in total. The summed E-state index contributed by atoms with van der Waals surface area (Å²) >= 11 is 0. The fourth-order valence-electron chi connectivity index (χ4n) is 9.84. The van der Waals surface area contributed by atoms with Gasteiger partial charge in [-0.15, -0.1) is 25.3 Å². The number of carboxylic acid groups (broad SMARTS) is 1. The van der Waals surface area contributed by atoms with Crippen LogP contribution in [0.1, 0.15) is 188 Å². The molecule has 2 aliphatic heterocycles. The molecule has 2 aliphatic rings. The van der Waals surface area contributed by atoms with Crippen molar-refractivity contribution in [2.45, 2.75) is 130 Å². The number of ketones is 4. The zero-order valence-electron chi connectivity index (χ0n) is 46.8. The summed E-state index contributed by atoms with van der Waals surface area (Å²) < 4.78 is 152. The maximum absolute atomic E-state index is 14.2. The second-order valence-corrected chi connectivity index (χ2v) is 25.9. The number of rotatable bonds is 28. The fourth-order valence-corrected chi connectivity index (χ4v) is 11.4. The van der Waals surface area contributed by atoms with Crippen LogP contribution < -0.4 is 4.90 Å². The highest BCUT2D eigenvalue weighted by Gasteiger charge is 2.48. The first-order chi connectivity index (χ1) is 38.4. The lowest BCUT2D eigenvalue weighted by Gasteiger charge is -2.27. The van der Waals surface area contributed by atoms with Crippen LogP contribution >= 0.6 is 0 Å². The van der Waals surface area contributed by atoms with Gasteiger partial charge in [0.1, 0.15) is 6.54 Å². The molecule has 3 heterocycles. The highest BCUT2D eigenvalue weighted by molar-refractivity contribution is 7.86. The zero-order chi connectivity index (χ0) is 63.0. The summed E-state index contributed by atoms with van der Waals surface area (Å²) in [6, 6.07) is 9.31. The fraction of sp³-hybridized carbons (Fsp3) is 0.463. The number of fused-ring (bicyclic) bond motifs is 2. The monoisotopic (exact) mass is 1250 g/mol. The number of allylic oxidation sites excluding steroid dienone is 6. The van der Waals surface area contributed by atoms with E-state index in [0.29, 0.717) is 59.5 Å². The number of hydrogen-bond donors (Lipinski definition) is 4. The highest BCUT2D eigenvalue weighted by Crippen LogP contribution is 2.51. The molecule has 0 amide bonds. The standard InChI is InChI=1S/C54H67N3O15S3.2O3S/c1-8-11-25-56-42-32-37(44(58)15-9-2)30-39(46(60)16-10-3)50(42)53(4,5)48(56)23-20-35(41-22-19-36(34-55-41)52(62)63)21-24-49-54(6,7)51-40(47(61)18-13-28-74(67,68)69)31-38(45(59)17-12-27-73(64,65)66)33-43(51)57(49)26-14-29-75(70,71)72;2*1-4(2)3/h19-24,30-34H,8-18,25-29H2,1-7H3,(H3-,62,63,64,65,66,67,68,69,70,71,72);;/p+1. The minimum atomic E-state index is -4.48. The van der Waals surface area contributed by atoms with Gasteiger partial charge >= 0.3 is 27.2 Å². The molecule has 0 fully saturated rings. The molecule has 0 spiro atoms. The third-order valence-electron chi connectivity index (χ3n) is 13.4. The summed E-state index contributed by atoms with van der Waals surface area (Å²) in [5.74, 6) is -4.68. The molecule has 5 rings (SSSR count). The number of pyridine rings is 1. The molecule has 0 saturated heterocycles. The lowest BCUT2D eigenvalue weighted by molar-refractivity contribution is -0.438. The van der Waals surface area contributed by atoms with Crippen molar-refractivity contribution in [3.8, 4) is 0 Å². The van der Waals surface area contributed by atoms with E-state index in [1.54, 1.807) is 43.0 Å². The van der Waals surface area contributed by atoms with Gasteiger partial charge in [0.05, 0.1) is 39.5 Å². The number of carboxylic acids is 1. The Bertz CT molecular complexity index is 3680. The molecule has 29 heteroatoms. The molecular formula is C54H68N3O21S5+. The first kappa shape index (κ1) is 70.7. The van der Waals surface area contributed by atoms with Crippen LogP contribution in [-0.4, -0.2) is 144 Å². The minimum Gasteiger partial charge on any atom is -0.478 e. The molecule has 0 atom stereocenters. The molecule has 3 aromatic rings. The maximum atomic E-state index is 14.2. The summed E-state index contributed by atoms with van der Waals surface area (Å²) in [7, 11) is -19.6. The second kappa shape index (κ2) is 30.3. The van der Waals surface area contributed by atoms with Crippen molar-refractivity contribution in [1.82, 2.24) is 4.98 Å². The van der Waals surface area contributed by atoms with E-state index >= 15 is 0 Å². The van der Waals surface area contributed by atoms with Crippen LogP contribution in [0.5, 0.6) is 0 Å². The number of aromatic carboxylic acids is 1. The van der Waals surface area contributed by atoms with Gasteiger partial charge in [0.2, 0.25) is 5.69 Å². The number of carbonyl (C=O) groups excluding carboxylic acids is 4. The Kier molecular flexibility index (Phi) is 25.8. The van der Waals surface area contributed by atoms with Crippen molar-refractivity contribution in [2.75, 3.05) is 35.2 Å². The van der Waals surface area contributed by atoms with E-state index in [-0.39, 0.29) is 79.0 Å². The van der Waals surface area contributed by atoms with Gasteiger partial charge in [0.25, 0.3) is 30.4 Å². The third kappa shape index (κ3) is 20.6. The first-order valence-corrected chi connectivity index (χ1v) is 32.9. The molecular weight excluding hydrogens is 1190 g/mol. The number of hydrogen-bond acceptors (Lipinski definition) is 19. The topological polar surface area (TPSA) is 390 Å². The van der Waals surface area contributed by atoms with Crippen molar-refractivity contribution in [1.29, 1.82) is 0 Å². The van der Waals surface area contributed by atoms with Crippen LogP contribution in [0.4, 0.5) is 11.4 Å². The molecule has 0 radical (unpaired) electrons. The second-order valence-electron chi connectivity index (χ2n) is 20.4. The van der Waals surface area contributed by atoms with Crippen molar-refractivity contribution < 1.29 is 97.8 Å². The van der Waals surface area contributed by atoms with E-state index in [2.05, 4.69) is 16.5 Å². The summed E-state index contributed by atoms with van der Waals surface area (Å²) in [6.45, 7) is 13.9. The summed E-state index contributed by atoms with van der Waals surface area (Å²) in [5, 5.41) is 9.79. The zero-order valence-corrected chi connectivity index (χ0v) is 50.9. The number of benzene rings is 2. The number of Topliss-reactive ketones (excluding diaryl/α,β-unsaturated/α-hetero) is 4. The van der Waals surface area contributed by atoms with Gasteiger partial charge in [-0.2, -0.15) is 29.8 Å². The van der Waals surface area contributed by atoms with E-state index < -0.39 is 97.2 Å². The van der Waals surface area contributed by atoms with Crippen LogP contribution in [-0.2, 0) is 62.4 Å². The lowest BCUT2D eigenvalue weighted by atomic mass is 9.77. The maximum Gasteiger partial charge on any atom is 0.425 e. The van der Waals surface area contributed by atoms with Gasteiger partial charge in [-0.1, -0.05) is 47.1 Å². The van der Waals surface area contributed by atoms with E-state index in [1.165, 1.54) is 30.5 Å². The molecule has 0 aliphatic carbocycles. The molecule has 0 saturated carbocycles. The minimum absolute atomic E-state index is 0.00659. The van der Waals surface area contributed by atoms with E-state index in [4.69, 9.17) is 25.3 Å². The quantitative estimate of drug-likeness (QED) is 0.0241. The number of carbonyl (C=O) groups is 5. The van der Waals surface area contributed by atoms with Crippen molar-refractivity contribution >= 4 is 103 Å². The van der Waals surface area contributed by atoms with Crippen LogP contribution in [0.2, 0.25) is 0 Å². The summed E-state index contributed by atoms with van der Waals surface area (Å²) in [4.78, 5) is 73.7. The van der Waals surface area contributed by atoms with Crippen LogP contribution in [0.15, 0.2) is 72.6 Å². The molecule has 0 bridgehead atoms. The Morgan fingerprint density at radius 3 is 1.59 bits per heavy atom. The average molecular weight is 1260 g/mol. The number of unbranched alkanes of at least 4 members (excludes halogenated alkanes) is 1. The van der Waals surface area contributed by atoms with Gasteiger partial charge in [0, 0.05) is 102 Å². The Hall–Kier alpha value is -6.60. The summed E-state index contributed by atoms with van der Waals surface area (Å²) in [5.41, 5.74) is 3.07. The molecule has 0 unspecified atom stereocenters. The molecule has 1 aromatic heterocycles. The predicted octanol–water partition coefficient (Wildman–Crippen LogP) is 7.21.